The average Bonchev–Trinajstić information content (AvgIpc) is 2.70. The summed E-state index contributed by atoms with van der Waals surface area (Å²) in [5.41, 5.74) is 3.04. The Labute approximate surface area is 103 Å². The minimum atomic E-state index is -0.266. The zero-order valence-electron chi connectivity index (χ0n) is 8.00. The summed E-state index contributed by atoms with van der Waals surface area (Å²) in [7, 11) is 0. The van der Waals surface area contributed by atoms with Crippen molar-refractivity contribution < 1.29 is 4.79 Å². The van der Waals surface area contributed by atoms with Crippen LogP contribution in [0.15, 0.2) is 36.9 Å². The third-order valence-corrected chi connectivity index (χ3v) is 1.97. The van der Waals surface area contributed by atoms with Gasteiger partial charge in [-0.3, -0.25) is 10.2 Å². The van der Waals surface area contributed by atoms with Gasteiger partial charge in [-0.1, -0.05) is 17.7 Å². The summed E-state index contributed by atoms with van der Waals surface area (Å²) in [5.74, 6) is -0.266. The lowest BCUT2D eigenvalue weighted by Gasteiger charge is -2.04. The van der Waals surface area contributed by atoms with E-state index in [1.54, 1.807) is 24.3 Å². The first kappa shape index (κ1) is 12.5. The molecule has 1 heterocycles. The molecule has 0 saturated carbocycles. The molecule has 0 aliphatic carbocycles. The number of benzene rings is 1. The van der Waals surface area contributed by atoms with Crippen LogP contribution in [-0.4, -0.2) is 20.8 Å². The van der Waals surface area contributed by atoms with Gasteiger partial charge in [-0.05, 0) is 18.2 Å². The second-order valence-corrected chi connectivity index (χ2v) is 3.26. The predicted octanol–water partition coefficient (Wildman–Crippen LogP) is 1.74. The summed E-state index contributed by atoms with van der Waals surface area (Å²) in [5, 5.41) is 7.64. The highest BCUT2D eigenvalue weighted by Crippen LogP contribution is 2.10. The quantitative estimate of drug-likeness (QED) is 0.893. The topological polar surface area (TPSA) is 59.8 Å². The Morgan fingerprint density at radius 2 is 2.00 bits per heavy atom. The Morgan fingerprint density at radius 1 is 1.31 bits per heavy atom. The predicted molar refractivity (Wildman–Crippen MR) is 62.4 cm³/mol. The van der Waals surface area contributed by atoms with Crippen molar-refractivity contribution in [3.05, 3.63) is 47.5 Å². The number of nitrogens with zero attached hydrogens (tertiary/aromatic N) is 3. The molecule has 16 heavy (non-hydrogen) atoms. The molecule has 0 aliphatic rings. The fourth-order valence-corrected chi connectivity index (χ4v) is 1.26. The van der Waals surface area contributed by atoms with Crippen LogP contribution in [0.5, 0.6) is 0 Å². The highest BCUT2D eigenvalue weighted by Gasteiger charge is 2.05. The van der Waals surface area contributed by atoms with Gasteiger partial charge in [-0.25, -0.2) is 4.68 Å². The largest absolute Gasteiger partial charge is 0.270 e. The first-order chi connectivity index (χ1) is 7.25. The van der Waals surface area contributed by atoms with Crippen molar-refractivity contribution in [1.29, 1.82) is 0 Å². The summed E-state index contributed by atoms with van der Waals surface area (Å²) in [6.07, 6.45) is 2.78. The second kappa shape index (κ2) is 5.48. The van der Waals surface area contributed by atoms with Crippen LogP contribution in [0.3, 0.4) is 0 Å². The fourth-order valence-electron chi connectivity index (χ4n) is 1.07. The van der Waals surface area contributed by atoms with Gasteiger partial charge >= 0.3 is 0 Å². The van der Waals surface area contributed by atoms with Gasteiger partial charge in [-0.15, -0.1) is 22.6 Å². The molecular formula is C9H8Cl2N4O. The number of carbonyl (C=O) groups excluding carboxylic acids is 1. The highest BCUT2D eigenvalue weighted by molar-refractivity contribution is 6.31. The molecule has 84 valence electrons. The normalized spacial score (nSPS) is 9.31. The van der Waals surface area contributed by atoms with Crippen LogP contribution in [0.25, 0.3) is 0 Å². The lowest BCUT2D eigenvalue weighted by molar-refractivity contribution is 0.101. The Bertz CT molecular complexity index is 472. The molecule has 7 heteroatoms. The first-order valence-corrected chi connectivity index (χ1v) is 4.55. The molecule has 2 rings (SSSR count). The van der Waals surface area contributed by atoms with E-state index in [4.69, 9.17) is 11.6 Å². The molecule has 0 fully saturated rings. The molecule has 1 N–H and O–H groups in total. The van der Waals surface area contributed by atoms with Crippen LogP contribution < -0.4 is 5.43 Å². The molecule has 0 radical (unpaired) electrons. The number of carbonyl (C=O) groups is 1. The van der Waals surface area contributed by atoms with E-state index < -0.39 is 0 Å². The summed E-state index contributed by atoms with van der Waals surface area (Å²) in [6, 6.07) is 6.67. The maximum atomic E-state index is 11.6. The van der Waals surface area contributed by atoms with E-state index in [2.05, 4.69) is 15.6 Å². The lowest BCUT2D eigenvalue weighted by Crippen LogP contribution is -2.21. The Balaban J connectivity index is 0.00000128. The van der Waals surface area contributed by atoms with Gasteiger partial charge in [0, 0.05) is 10.6 Å². The van der Waals surface area contributed by atoms with Crippen molar-refractivity contribution in [3.63, 3.8) is 0 Å². The fraction of sp³-hybridized carbons (Fsp3) is 0. The smallest absolute Gasteiger partial charge is 0.267 e. The van der Waals surface area contributed by atoms with E-state index in [-0.39, 0.29) is 18.3 Å². The molecule has 0 atom stereocenters. The number of halogens is 2. The van der Waals surface area contributed by atoms with Crippen molar-refractivity contribution in [2.24, 2.45) is 0 Å². The van der Waals surface area contributed by atoms with Crippen LogP contribution >= 0.6 is 24.0 Å². The van der Waals surface area contributed by atoms with Gasteiger partial charge in [0.05, 0.1) is 0 Å². The third-order valence-electron chi connectivity index (χ3n) is 1.74. The average molecular weight is 259 g/mol. The van der Waals surface area contributed by atoms with Gasteiger partial charge in [0.25, 0.3) is 5.91 Å². The monoisotopic (exact) mass is 258 g/mol. The molecule has 0 bridgehead atoms. The third kappa shape index (κ3) is 2.95. The molecular weight excluding hydrogens is 251 g/mol. The van der Waals surface area contributed by atoms with Gasteiger partial charge in [0.15, 0.2) is 0 Å². The van der Waals surface area contributed by atoms with Crippen molar-refractivity contribution in [3.8, 4) is 0 Å². The van der Waals surface area contributed by atoms with Crippen molar-refractivity contribution >= 4 is 29.9 Å². The molecule has 1 aromatic heterocycles. The summed E-state index contributed by atoms with van der Waals surface area (Å²) < 4.78 is 1.36. The molecule has 0 spiro atoms. The highest BCUT2D eigenvalue weighted by atomic mass is 35.5. The van der Waals surface area contributed by atoms with Gasteiger partial charge in [0.2, 0.25) is 0 Å². The zero-order chi connectivity index (χ0) is 10.7. The maximum absolute atomic E-state index is 11.6. The molecule has 1 amide bonds. The minimum Gasteiger partial charge on any atom is -0.267 e. The van der Waals surface area contributed by atoms with E-state index in [1.807, 2.05) is 0 Å². The van der Waals surface area contributed by atoms with Crippen molar-refractivity contribution in [2.45, 2.75) is 0 Å². The molecule has 1 aromatic carbocycles. The zero-order valence-corrected chi connectivity index (χ0v) is 9.57. The molecule has 0 aliphatic heterocycles. The SMILES string of the molecule is Cl.O=C(Nn1cnnc1)c1cccc(Cl)c1. The standard InChI is InChI=1S/C9H7ClN4O.ClH/c10-8-3-1-2-7(4-8)9(15)13-14-5-11-12-6-14;/h1-6H,(H,13,15);1H. The van der Waals surface area contributed by atoms with Gasteiger partial charge in [0.1, 0.15) is 12.7 Å². The Kier molecular flexibility index (Phi) is 4.28. The van der Waals surface area contributed by atoms with Gasteiger partial charge in [-0.2, -0.15) is 0 Å². The summed E-state index contributed by atoms with van der Waals surface area (Å²) >= 11 is 5.76. The second-order valence-electron chi connectivity index (χ2n) is 2.82. The maximum Gasteiger partial charge on any atom is 0.270 e. The number of nitrogens with one attached hydrogen (secondary N) is 1. The number of amides is 1. The summed E-state index contributed by atoms with van der Waals surface area (Å²) in [4.78, 5) is 11.6. The van der Waals surface area contributed by atoms with E-state index in [1.165, 1.54) is 17.3 Å². The van der Waals surface area contributed by atoms with E-state index in [0.29, 0.717) is 10.6 Å². The van der Waals surface area contributed by atoms with Crippen LogP contribution in [0.2, 0.25) is 5.02 Å². The summed E-state index contributed by atoms with van der Waals surface area (Å²) in [6.45, 7) is 0. The van der Waals surface area contributed by atoms with Crippen molar-refractivity contribution in [2.75, 3.05) is 5.43 Å². The van der Waals surface area contributed by atoms with Crippen LogP contribution in [0.4, 0.5) is 0 Å². The van der Waals surface area contributed by atoms with Gasteiger partial charge < -0.3 is 0 Å². The minimum absolute atomic E-state index is 0. The molecule has 5 nitrogen and oxygen atoms in total. The number of rotatable bonds is 2. The van der Waals surface area contributed by atoms with E-state index >= 15 is 0 Å². The molecule has 0 unspecified atom stereocenters. The first-order valence-electron chi connectivity index (χ1n) is 4.17. The number of hydrogen-bond acceptors (Lipinski definition) is 3. The number of aromatic nitrogens is 3. The molecule has 2 aromatic rings. The number of hydrogen-bond donors (Lipinski definition) is 1. The van der Waals surface area contributed by atoms with Crippen LogP contribution in [-0.2, 0) is 0 Å². The molecule has 0 saturated heterocycles. The van der Waals surface area contributed by atoms with E-state index in [9.17, 15) is 4.79 Å². The van der Waals surface area contributed by atoms with Crippen LogP contribution in [0, 0.1) is 0 Å². The van der Waals surface area contributed by atoms with Crippen LogP contribution in [0.1, 0.15) is 10.4 Å². The van der Waals surface area contributed by atoms with E-state index in [0.717, 1.165) is 0 Å². The van der Waals surface area contributed by atoms with Crippen molar-refractivity contribution in [1.82, 2.24) is 14.9 Å². The lowest BCUT2D eigenvalue weighted by atomic mass is 10.2. The Hall–Kier alpha value is -1.59. The Morgan fingerprint density at radius 3 is 2.62 bits per heavy atom.